The third-order valence-electron chi connectivity index (χ3n) is 3.12. The smallest absolute Gasteiger partial charge is 0.337 e. The van der Waals surface area contributed by atoms with Crippen LogP contribution in [0.3, 0.4) is 0 Å². The van der Waals surface area contributed by atoms with Gasteiger partial charge in [-0.2, -0.15) is 5.10 Å². The van der Waals surface area contributed by atoms with E-state index in [2.05, 4.69) is 5.10 Å². The molecule has 0 saturated heterocycles. The summed E-state index contributed by atoms with van der Waals surface area (Å²) in [4.78, 5) is 11.3. The van der Waals surface area contributed by atoms with Crippen LogP contribution in [-0.2, 0) is 0 Å². The standard InChI is InChI=1S/C16H11ClN2O2/c17-13-5-3-4-11(8-13)12-9-18-19(10-12)15-7-2-1-6-14(15)16(20)21/h1-10H,(H,20,21). The minimum atomic E-state index is -0.981. The van der Waals surface area contributed by atoms with Crippen LogP contribution in [0.1, 0.15) is 10.4 Å². The third-order valence-corrected chi connectivity index (χ3v) is 3.36. The molecular weight excluding hydrogens is 288 g/mol. The molecule has 0 radical (unpaired) electrons. The molecule has 0 spiro atoms. The zero-order valence-electron chi connectivity index (χ0n) is 10.9. The Hall–Kier alpha value is -2.59. The van der Waals surface area contributed by atoms with Crippen molar-refractivity contribution < 1.29 is 9.90 Å². The molecule has 0 aliphatic carbocycles. The molecular formula is C16H11ClN2O2. The molecule has 0 fully saturated rings. The molecule has 0 unspecified atom stereocenters. The molecule has 0 bridgehead atoms. The molecule has 0 aliphatic heterocycles. The normalized spacial score (nSPS) is 10.5. The van der Waals surface area contributed by atoms with Crippen LogP contribution in [0.2, 0.25) is 5.02 Å². The summed E-state index contributed by atoms with van der Waals surface area (Å²) in [6.45, 7) is 0. The Morgan fingerprint density at radius 3 is 2.67 bits per heavy atom. The van der Waals surface area contributed by atoms with Gasteiger partial charge in [0.15, 0.2) is 0 Å². The van der Waals surface area contributed by atoms with Crippen molar-refractivity contribution in [2.24, 2.45) is 0 Å². The number of carboxylic acids is 1. The highest BCUT2D eigenvalue weighted by Crippen LogP contribution is 2.24. The minimum Gasteiger partial charge on any atom is -0.478 e. The lowest BCUT2D eigenvalue weighted by molar-refractivity contribution is 0.0696. The summed E-state index contributed by atoms with van der Waals surface area (Å²) in [6, 6.07) is 14.2. The molecule has 21 heavy (non-hydrogen) atoms. The highest BCUT2D eigenvalue weighted by atomic mass is 35.5. The van der Waals surface area contributed by atoms with Gasteiger partial charge in [0, 0.05) is 16.8 Å². The van der Waals surface area contributed by atoms with Crippen molar-refractivity contribution in [3.05, 3.63) is 71.5 Å². The minimum absolute atomic E-state index is 0.207. The van der Waals surface area contributed by atoms with Gasteiger partial charge >= 0.3 is 5.97 Å². The first-order valence-electron chi connectivity index (χ1n) is 6.28. The second kappa shape index (κ2) is 5.42. The molecule has 0 aliphatic rings. The van der Waals surface area contributed by atoms with Crippen LogP contribution in [0.4, 0.5) is 0 Å². The number of carboxylic acid groups (broad SMARTS) is 1. The Labute approximate surface area is 126 Å². The molecule has 4 nitrogen and oxygen atoms in total. The SMILES string of the molecule is O=C(O)c1ccccc1-n1cc(-c2cccc(Cl)c2)cn1. The molecule has 0 amide bonds. The lowest BCUT2D eigenvalue weighted by atomic mass is 10.1. The van der Waals surface area contributed by atoms with E-state index < -0.39 is 5.97 Å². The van der Waals surface area contributed by atoms with Crippen LogP contribution in [-0.4, -0.2) is 20.9 Å². The van der Waals surface area contributed by atoms with Gasteiger partial charge in [0.1, 0.15) is 0 Å². The van der Waals surface area contributed by atoms with Gasteiger partial charge in [-0.1, -0.05) is 35.9 Å². The number of hydrogen-bond acceptors (Lipinski definition) is 2. The van der Waals surface area contributed by atoms with Crippen molar-refractivity contribution in [3.8, 4) is 16.8 Å². The fraction of sp³-hybridized carbons (Fsp3) is 0. The number of aromatic nitrogens is 2. The van der Waals surface area contributed by atoms with E-state index >= 15 is 0 Å². The van der Waals surface area contributed by atoms with Gasteiger partial charge in [-0.25, -0.2) is 9.48 Å². The van der Waals surface area contributed by atoms with Gasteiger partial charge in [-0.15, -0.1) is 0 Å². The predicted octanol–water partition coefficient (Wildman–Crippen LogP) is 3.89. The monoisotopic (exact) mass is 298 g/mol. The molecule has 2 aromatic carbocycles. The third kappa shape index (κ3) is 2.66. The fourth-order valence-electron chi connectivity index (χ4n) is 2.13. The molecule has 1 N–H and O–H groups in total. The molecule has 5 heteroatoms. The Kier molecular flexibility index (Phi) is 3.46. The van der Waals surface area contributed by atoms with Crippen molar-refractivity contribution in [1.82, 2.24) is 9.78 Å². The van der Waals surface area contributed by atoms with Crippen LogP contribution < -0.4 is 0 Å². The highest BCUT2D eigenvalue weighted by molar-refractivity contribution is 6.30. The van der Waals surface area contributed by atoms with Gasteiger partial charge in [-0.3, -0.25) is 0 Å². The quantitative estimate of drug-likeness (QED) is 0.798. The van der Waals surface area contributed by atoms with Crippen molar-refractivity contribution in [3.63, 3.8) is 0 Å². The molecule has 1 aromatic heterocycles. The average molecular weight is 299 g/mol. The van der Waals surface area contributed by atoms with Gasteiger partial charge in [0.2, 0.25) is 0 Å². The number of benzene rings is 2. The van der Waals surface area contributed by atoms with E-state index in [1.807, 2.05) is 18.2 Å². The zero-order valence-corrected chi connectivity index (χ0v) is 11.7. The number of aromatic carboxylic acids is 1. The summed E-state index contributed by atoms with van der Waals surface area (Å²) >= 11 is 5.98. The number of carbonyl (C=O) groups is 1. The lowest BCUT2D eigenvalue weighted by Gasteiger charge is -2.05. The van der Waals surface area contributed by atoms with E-state index in [0.717, 1.165) is 11.1 Å². The molecule has 3 aromatic rings. The Morgan fingerprint density at radius 2 is 1.90 bits per heavy atom. The highest BCUT2D eigenvalue weighted by Gasteiger charge is 2.12. The summed E-state index contributed by atoms with van der Waals surface area (Å²) in [5, 5.41) is 14.1. The number of para-hydroxylation sites is 1. The van der Waals surface area contributed by atoms with Crippen LogP contribution in [0.25, 0.3) is 16.8 Å². The van der Waals surface area contributed by atoms with Crippen molar-refractivity contribution in [2.75, 3.05) is 0 Å². The molecule has 3 rings (SSSR count). The summed E-state index contributed by atoms with van der Waals surface area (Å²) in [6.07, 6.45) is 3.47. The van der Waals surface area contributed by atoms with Crippen molar-refractivity contribution in [1.29, 1.82) is 0 Å². The topological polar surface area (TPSA) is 55.1 Å². The Bertz CT molecular complexity index is 811. The first-order chi connectivity index (χ1) is 10.1. The lowest BCUT2D eigenvalue weighted by Crippen LogP contribution is -2.05. The second-order valence-corrected chi connectivity index (χ2v) is 4.94. The Balaban J connectivity index is 2.05. The van der Waals surface area contributed by atoms with E-state index in [1.54, 1.807) is 47.4 Å². The van der Waals surface area contributed by atoms with Crippen molar-refractivity contribution in [2.45, 2.75) is 0 Å². The van der Waals surface area contributed by atoms with Gasteiger partial charge in [0.05, 0.1) is 17.4 Å². The first-order valence-corrected chi connectivity index (χ1v) is 6.66. The number of hydrogen-bond donors (Lipinski definition) is 1. The van der Waals surface area contributed by atoms with E-state index in [9.17, 15) is 9.90 Å². The van der Waals surface area contributed by atoms with E-state index in [-0.39, 0.29) is 5.56 Å². The van der Waals surface area contributed by atoms with E-state index in [0.29, 0.717) is 10.7 Å². The van der Waals surface area contributed by atoms with Crippen LogP contribution in [0.15, 0.2) is 60.9 Å². The van der Waals surface area contributed by atoms with E-state index in [4.69, 9.17) is 11.6 Å². The van der Waals surface area contributed by atoms with Gasteiger partial charge in [-0.05, 0) is 29.8 Å². The maximum absolute atomic E-state index is 11.3. The van der Waals surface area contributed by atoms with Crippen LogP contribution in [0.5, 0.6) is 0 Å². The average Bonchev–Trinajstić information content (AvgIpc) is 2.97. The van der Waals surface area contributed by atoms with Crippen LogP contribution in [0, 0.1) is 0 Å². The molecule has 0 saturated carbocycles. The summed E-state index contributed by atoms with van der Waals surface area (Å²) in [5.74, 6) is -0.981. The summed E-state index contributed by atoms with van der Waals surface area (Å²) in [5.41, 5.74) is 2.54. The van der Waals surface area contributed by atoms with Crippen molar-refractivity contribution >= 4 is 17.6 Å². The maximum Gasteiger partial charge on any atom is 0.337 e. The van der Waals surface area contributed by atoms with Crippen LogP contribution >= 0.6 is 11.6 Å². The summed E-state index contributed by atoms with van der Waals surface area (Å²) < 4.78 is 1.56. The molecule has 1 heterocycles. The predicted molar refractivity (Wildman–Crippen MR) is 81.0 cm³/mol. The molecule has 0 atom stereocenters. The Morgan fingerprint density at radius 1 is 1.10 bits per heavy atom. The van der Waals surface area contributed by atoms with Gasteiger partial charge in [0.25, 0.3) is 0 Å². The van der Waals surface area contributed by atoms with Gasteiger partial charge < -0.3 is 5.11 Å². The first kappa shape index (κ1) is 13.4. The largest absolute Gasteiger partial charge is 0.478 e. The van der Waals surface area contributed by atoms with E-state index in [1.165, 1.54) is 0 Å². The second-order valence-electron chi connectivity index (χ2n) is 4.51. The number of halogens is 1. The molecule has 104 valence electrons. The fourth-order valence-corrected chi connectivity index (χ4v) is 2.32. The summed E-state index contributed by atoms with van der Waals surface area (Å²) in [7, 11) is 0. The maximum atomic E-state index is 11.3. The zero-order chi connectivity index (χ0) is 14.8. The number of rotatable bonds is 3. The number of nitrogens with zero attached hydrogens (tertiary/aromatic N) is 2.